The first-order valence-corrected chi connectivity index (χ1v) is 10.1. The fourth-order valence-electron chi connectivity index (χ4n) is 3.51. The summed E-state index contributed by atoms with van der Waals surface area (Å²) in [6, 6.07) is 8.72. The predicted octanol–water partition coefficient (Wildman–Crippen LogP) is 2.86. The van der Waals surface area contributed by atoms with Crippen molar-refractivity contribution in [3.8, 4) is 0 Å². The van der Waals surface area contributed by atoms with E-state index >= 15 is 0 Å². The van der Waals surface area contributed by atoms with Crippen LogP contribution in [0.3, 0.4) is 0 Å². The van der Waals surface area contributed by atoms with Crippen molar-refractivity contribution in [2.45, 2.75) is 43.0 Å². The normalized spacial score (nSPS) is 20.3. The molecule has 4 rings (SSSR count). The van der Waals surface area contributed by atoms with Crippen LogP contribution < -0.4 is 0 Å². The lowest BCUT2D eigenvalue weighted by Crippen LogP contribution is -2.38. The molecule has 2 aromatic rings. The molecule has 6 heteroatoms. The minimum atomic E-state index is -3.37. The Morgan fingerprint density at radius 2 is 1.75 bits per heavy atom. The van der Waals surface area contributed by atoms with Crippen LogP contribution in [0, 0.1) is 5.92 Å². The van der Waals surface area contributed by atoms with E-state index in [1.54, 1.807) is 28.6 Å². The molecule has 0 N–H and O–H groups in total. The molecule has 1 aromatic carbocycles. The highest BCUT2D eigenvalue weighted by molar-refractivity contribution is 7.89. The molecule has 1 aliphatic carbocycles. The summed E-state index contributed by atoms with van der Waals surface area (Å²) in [4.78, 5) is 4.95. The van der Waals surface area contributed by atoms with Crippen LogP contribution in [0.15, 0.2) is 47.6 Å². The van der Waals surface area contributed by atoms with Crippen molar-refractivity contribution in [2.75, 3.05) is 13.1 Å². The van der Waals surface area contributed by atoms with Gasteiger partial charge in [0.05, 0.1) is 4.90 Å². The third-order valence-corrected chi connectivity index (χ3v) is 7.01. The van der Waals surface area contributed by atoms with E-state index in [2.05, 4.69) is 15.7 Å². The van der Waals surface area contributed by atoms with E-state index in [1.807, 2.05) is 12.3 Å². The molecule has 2 aliphatic rings. The van der Waals surface area contributed by atoms with Crippen molar-refractivity contribution in [1.29, 1.82) is 0 Å². The first-order chi connectivity index (χ1) is 11.6. The lowest BCUT2D eigenvalue weighted by molar-refractivity contribution is 0.308. The standard InChI is InChI=1S/C18H23N3O2S/c22-24(23,17-4-2-1-3-5-17)21-11-8-16(9-12-21)18-19-10-13-20(18)14-15-6-7-15/h1-5,10,13,15-16H,6-9,11-12,14H2. The van der Waals surface area contributed by atoms with Crippen molar-refractivity contribution in [3.63, 3.8) is 0 Å². The predicted molar refractivity (Wildman–Crippen MR) is 92.1 cm³/mol. The van der Waals surface area contributed by atoms with Crippen LogP contribution in [0.25, 0.3) is 0 Å². The molecule has 2 heterocycles. The zero-order valence-electron chi connectivity index (χ0n) is 13.7. The average molecular weight is 345 g/mol. The van der Waals surface area contributed by atoms with Gasteiger partial charge < -0.3 is 4.57 Å². The first kappa shape index (κ1) is 15.8. The summed E-state index contributed by atoms with van der Waals surface area (Å²) in [5.74, 6) is 2.32. The summed E-state index contributed by atoms with van der Waals surface area (Å²) in [5.41, 5.74) is 0. The molecule has 2 fully saturated rings. The number of piperidine rings is 1. The van der Waals surface area contributed by atoms with Gasteiger partial charge in [-0.25, -0.2) is 13.4 Å². The van der Waals surface area contributed by atoms with Gasteiger partial charge in [0.1, 0.15) is 5.82 Å². The van der Waals surface area contributed by atoms with Gasteiger partial charge in [0.15, 0.2) is 0 Å². The molecule has 24 heavy (non-hydrogen) atoms. The fraction of sp³-hybridized carbons (Fsp3) is 0.500. The van der Waals surface area contributed by atoms with Crippen molar-refractivity contribution in [3.05, 3.63) is 48.5 Å². The Hall–Kier alpha value is -1.66. The fourth-order valence-corrected chi connectivity index (χ4v) is 5.00. The van der Waals surface area contributed by atoms with E-state index in [4.69, 9.17) is 0 Å². The van der Waals surface area contributed by atoms with Crippen LogP contribution in [0.5, 0.6) is 0 Å². The molecule has 0 radical (unpaired) electrons. The molecule has 0 unspecified atom stereocenters. The van der Waals surface area contributed by atoms with Crippen molar-refractivity contribution in [2.24, 2.45) is 5.92 Å². The number of benzene rings is 1. The second-order valence-electron chi connectivity index (χ2n) is 6.87. The highest BCUT2D eigenvalue weighted by atomic mass is 32.2. The van der Waals surface area contributed by atoms with E-state index in [9.17, 15) is 8.42 Å². The highest BCUT2D eigenvalue weighted by Crippen LogP contribution is 2.34. The minimum Gasteiger partial charge on any atom is -0.334 e. The zero-order chi connectivity index (χ0) is 16.6. The summed E-state index contributed by atoms with van der Waals surface area (Å²) in [5, 5.41) is 0. The summed E-state index contributed by atoms with van der Waals surface area (Å²) in [6.45, 7) is 2.20. The lowest BCUT2D eigenvalue weighted by Gasteiger charge is -2.31. The third-order valence-electron chi connectivity index (χ3n) is 5.10. The summed E-state index contributed by atoms with van der Waals surface area (Å²) in [6.07, 6.45) is 8.28. The molecular weight excluding hydrogens is 322 g/mol. The van der Waals surface area contributed by atoms with Crippen LogP contribution in [-0.4, -0.2) is 35.4 Å². The van der Waals surface area contributed by atoms with Crippen molar-refractivity contribution < 1.29 is 8.42 Å². The molecular formula is C18H23N3O2S. The van der Waals surface area contributed by atoms with Gasteiger partial charge in [-0.15, -0.1) is 0 Å². The Balaban J connectivity index is 1.44. The Morgan fingerprint density at radius 1 is 1.04 bits per heavy atom. The van der Waals surface area contributed by atoms with Gasteiger partial charge in [-0.1, -0.05) is 18.2 Å². The molecule has 1 aromatic heterocycles. The van der Waals surface area contributed by atoms with Crippen LogP contribution in [0.4, 0.5) is 0 Å². The highest BCUT2D eigenvalue weighted by Gasteiger charge is 2.32. The van der Waals surface area contributed by atoms with Crippen molar-refractivity contribution >= 4 is 10.0 Å². The third kappa shape index (κ3) is 3.13. The second-order valence-corrected chi connectivity index (χ2v) is 8.81. The minimum absolute atomic E-state index is 0.362. The van der Waals surface area contributed by atoms with E-state index in [-0.39, 0.29) is 0 Å². The molecule has 1 aliphatic heterocycles. The maximum atomic E-state index is 12.7. The quantitative estimate of drug-likeness (QED) is 0.837. The molecule has 0 spiro atoms. The van der Waals surface area contributed by atoms with Gasteiger partial charge in [-0.05, 0) is 43.7 Å². The number of aromatic nitrogens is 2. The monoisotopic (exact) mass is 345 g/mol. The SMILES string of the molecule is O=S(=O)(c1ccccc1)N1CCC(c2nccn2CC2CC2)CC1. The number of rotatable bonds is 5. The zero-order valence-corrected chi connectivity index (χ0v) is 14.5. The number of sulfonamides is 1. The maximum Gasteiger partial charge on any atom is 0.243 e. The average Bonchev–Trinajstić information content (AvgIpc) is 3.31. The van der Waals surface area contributed by atoms with Crippen LogP contribution >= 0.6 is 0 Å². The second kappa shape index (κ2) is 6.33. The van der Waals surface area contributed by atoms with Gasteiger partial charge in [-0.3, -0.25) is 0 Å². The molecule has 1 saturated heterocycles. The number of nitrogens with zero attached hydrogens (tertiary/aromatic N) is 3. The van der Waals surface area contributed by atoms with Crippen LogP contribution in [0.1, 0.15) is 37.4 Å². The number of hydrogen-bond acceptors (Lipinski definition) is 3. The maximum absolute atomic E-state index is 12.7. The summed E-state index contributed by atoms with van der Waals surface area (Å²) >= 11 is 0. The Kier molecular flexibility index (Phi) is 4.18. The summed E-state index contributed by atoms with van der Waals surface area (Å²) < 4.78 is 29.3. The molecule has 0 amide bonds. The van der Waals surface area contributed by atoms with Gasteiger partial charge in [0, 0.05) is 37.9 Å². The molecule has 0 bridgehead atoms. The number of hydrogen-bond donors (Lipinski definition) is 0. The Labute approximate surface area is 143 Å². The molecule has 5 nitrogen and oxygen atoms in total. The lowest BCUT2D eigenvalue weighted by atomic mass is 9.97. The van der Waals surface area contributed by atoms with Crippen LogP contribution in [0.2, 0.25) is 0 Å². The molecule has 1 saturated carbocycles. The van der Waals surface area contributed by atoms with Gasteiger partial charge in [-0.2, -0.15) is 4.31 Å². The Bertz CT molecular complexity index is 789. The van der Waals surface area contributed by atoms with E-state index in [0.29, 0.717) is 23.9 Å². The first-order valence-electron chi connectivity index (χ1n) is 8.71. The largest absolute Gasteiger partial charge is 0.334 e. The van der Waals surface area contributed by atoms with Crippen molar-refractivity contribution in [1.82, 2.24) is 13.9 Å². The topological polar surface area (TPSA) is 55.2 Å². The van der Waals surface area contributed by atoms with Gasteiger partial charge >= 0.3 is 0 Å². The van der Waals surface area contributed by atoms with E-state index < -0.39 is 10.0 Å². The molecule has 0 atom stereocenters. The molecule has 128 valence electrons. The van der Waals surface area contributed by atoms with Gasteiger partial charge in [0.2, 0.25) is 10.0 Å². The van der Waals surface area contributed by atoms with Gasteiger partial charge in [0.25, 0.3) is 0 Å². The number of imidazole rings is 1. The Morgan fingerprint density at radius 3 is 2.42 bits per heavy atom. The smallest absolute Gasteiger partial charge is 0.243 e. The van der Waals surface area contributed by atoms with Crippen LogP contribution in [-0.2, 0) is 16.6 Å². The summed E-state index contributed by atoms with van der Waals surface area (Å²) in [7, 11) is -3.37. The van der Waals surface area contributed by atoms with E-state index in [1.165, 1.54) is 12.8 Å². The van der Waals surface area contributed by atoms with E-state index in [0.717, 1.165) is 31.1 Å².